The second-order valence-corrected chi connectivity index (χ2v) is 4.73. The van der Waals surface area contributed by atoms with Gasteiger partial charge in [0, 0.05) is 6.54 Å². The molecule has 116 valence electrons. The van der Waals surface area contributed by atoms with Gasteiger partial charge in [-0.15, -0.1) is 0 Å². The third-order valence-corrected chi connectivity index (χ3v) is 2.82. The van der Waals surface area contributed by atoms with E-state index in [4.69, 9.17) is 9.47 Å². The second kappa shape index (κ2) is 9.00. The molecule has 0 heterocycles. The number of carbonyl (C=O) groups is 2. The zero-order valence-corrected chi connectivity index (χ0v) is 12.9. The number of amides is 1. The maximum Gasteiger partial charge on any atom is 0.325 e. The Bertz CT molecular complexity index is 473. The van der Waals surface area contributed by atoms with Crippen LogP contribution in [0.1, 0.15) is 25.8 Å². The zero-order valence-electron chi connectivity index (χ0n) is 12.9. The lowest BCUT2D eigenvalue weighted by Gasteiger charge is -2.21. The number of esters is 1. The van der Waals surface area contributed by atoms with E-state index in [1.54, 1.807) is 13.0 Å². The molecular weight excluding hydrogens is 270 g/mol. The minimum Gasteiger partial charge on any atom is -0.484 e. The molecule has 0 saturated carbocycles. The molecule has 0 bridgehead atoms. The fourth-order valence-corrected chi connectivity index (χ4v) is 1.87. The van der Waals surface area contributed by atoms with E-state index < -0.39 is 5.97 Å². The molecule has 1 aromatic rings. The standard InChI is InChI=1S/C16H23NO4/c1-4-9-17(11-16(19)20-5-2)15(18)12-21-14-8-6-7-13(3)10-14/h6-8,10H,4-5,9,11-12H2,1-3H3. The van der Waals surface area contributed by atoms with Crippen molar-refractivity contribution < 1.29 is 19.1 Å². The molecule has 0 atom stereocenters. The van der Waals surface area contributed by atoms with Crippen molar-refractivity contribution in [3.63, 3.8) is 0 Å². The van der Waals surface area contributed by atoms with Gasteiger partial charge in [-0.05, 0) is 38.0 Å². The van der Waals surface area contributed by atoms with E-state index in [0.717, 1.165) is 12.0 Å². The van der Waals surface area contributed by atoms with Crippen molar-refractivity contribution in [3.8, 4) is 5.75 Å². The number of carbonyl (C=O) groups excluding carboxylic acids is 2. The van der Waals surface area contributed by atoms with Crippen LogP contribution in [0.5, 0.6) is 5.75 Å². The third-order valence-electron chi connectivity index (χ3n) is 2.82. The Morgan fingerprint density at radius 2 is 2.00 bits per heavy atom. The molecule has 0 N–H and O–H groups in total. The summed E-state index contributed by atoms with van der Waals surface area (Å²) in [7, 11) is 0. The molecule has 0 aliphatic rings. The van der Waals surface area contributed by atoms with Crippen molar-refractivity contribution in [2.45, 2.75) is 27.2 Å². The summed E-state index contributed by atoms with van der Waals surface area (Å²) in [5.74, 6) is 0.0391. The number of rotatable bonds is 8. The highest BCUT2D eigenvalue weighted by molar-refractivity contribution is 5.83. The number of benzene rings is 1. The Kier molecular flexibility index (Phi) is 7.29. The number of ether oxygens (including phenoxy) is 2. The molecular formula is C16H23NO4. The first-order chi connectivity index (χ1) is 10.1. The van der Waals surface area contributed by atoms with Crippen molar-refractivity contribution in [1.29, 1.82) is 0 Å². The average molecular weight is 293 g/mol. The van der Waals surface area contributed by atoms with Crippen LogP contribution in [0.4, 0.5) is 0 Å². The Labute approximate surface area is 125 Å². The first-order valence-electron chi connectivity index (χ1n) is 7.19. The fourth-order valence-electron chi connectivity index (χ4n) is 1.87. The van der Waals surface area contributed by atoms with E-state index in [1.165, 1.54) is 4.90 Å². The maximum absolute atomic E-state index is 12.1. The number of hydrogen-bond donors (Lipinski definition) is 0. The van der Waals surface area contributed by atoms with Gasteiger partial charge < -0.3 is 14.4 Å². The third kappa shape index (κ3) is 6.29. The highest BCUT2D eigenvalue weighted by Crippen LogP contribution is 2.12. The molecule has 1 amide bonds. The normalized spacial score (nSPS) is 10.0. The van der Waals surface area contributed by atoms with Crippen molar-refractivity contribution in [1.82, 2.24) is 4.90 Å². The van der Waals surface area contributed by atoms with Gasteiger partial charge in [-0.1, -0.05) is 19.1 Å². The molecule has 5 heteroatoms. The quantitative estimate of drug-likeness (QED) is 0.689. The van der Waals surface area contributed by atoms with Gasteiger partial charge in [-0.2, -0.15) is 0 Å². The molecule has 0 aliphatic heterocycles. The Morgan fingerprint density at radius 1 is 1.24 bits per heavy atom. The van der Waals surface area contributed by atoms with E-state index in [0.29, 0.717) is 18.9 Å². The highest BCUT2D eigenvalue weighted by atomic mass is 16.5. The van der Waals surface area contributed by atoms with E-state index in [2.05, 4.69) is 0 Å². The van der Waals surface area contributed by atoms with Crippen LogP contribution in [-0.2, 0) is 14.3 Å². The minimum atomic E-state index is -0.394. The van der Waals surface area contributed by atoms with Crippen molar-refractivity contribution in [2.75, 3.05) is 26.3 Å². The number of nitrogens with zero attached hydrogens (tertiary/aromatic N) is 1. The number of aryl methyl sites for hydroxylation is 1. The molecule has 1 aromatic carbocycles. The summed E-state index contributed by atoms with van der Waals surface area (Å²) < 4.78 is 10.3. The summed E-state index contributed by atoms with van der Waals surface area (Å²) >= 11 is 0. The number of hydrogen-bond acceptors (Lipinski definition) is 4. The summed E-state index contributed by atoms with van der Waals surface area (Å²) in [5, 5.41) is 0. The average Bonchev–Trinajstić information content (AvgIpc) is 2.44. The topological polar surface area (TPSA) is 55.8 Å². The van der Waals surface area contributed by atoms with Gasteiger partial charge in [0.1, 0.15) is 12.3 Å². The fraction of sp³-hybridized carbons (Fsp3) is 0.500. The molecule has 5 nitrogen and oxygen atoms in total. The van der Waals surface area contributed by atoms with Gasteiger partial charge in [0.15, 0.2) is 6.61 Å². The molecule has 0 aromatic heterocycles. The molecule has 0 spiro atoms. The van der Waals surface area contributed by atoms with E-state index in [1.807, 2.05) is 32.0 Å². The van der Waals surface area contributed by atoms with Gasteiger partial charge in [0.25, 0.3) is 5.91 Å². The van der Waals surface area contributed by atoms with Crippen molar-refractivity contribution in [3.05, 3.63) is 29.8 Å². The summed E-state index contributed by atoms with van der Waals surface area (Å²) in [6.07, 6.45) is 0.773. The van der Waals surface area contributed by atoms with E-state index in [9.17, 15) is 9.59 Å². The van der Waals surface area contributed by atoms with Gasteiger partial charge >= 0.3 is 5.97 Å². The van der Waals surface area contributed by atoms with E-state index in [-0.39, 0.29) is 19.1 Å². The Balaban J connectivity index is 2.54. The van der Waals surface area contributed by atoms with Gasteiger partial charge in [0.2, 0.25) is 0 Å². The molecule has 0 aliphatic carbocycles. The molecule has 1 rings (SSSR count). The maximum atomic E-state index is 12.1. The van der Waals surface area contributed by atoms with Crippen molar-refractivity contribution >= 4 is 11.9 Å². The van der Waals surface area contributed by atoms with Gasteiger partial charge in [-0.3, -0.25) is 9.59 Å². The molecule has 21 heavy (non-hydrogen) atoms. The predicted molar refractivity (Wildman–Crippen MR) is 80.2 cm³/mol. The van der Waals surface area contributed by atoms with Crippen LogP contribution in [0, 0.1) is 6.92 Å². The summed E-state index contributed by atoms with van der Waals surface area (Å²) in [5.41, 5.74) is 1.07. The molecule has 0 radical (unpaired) electrons. The van der Waals surface area contributed by atoms with Crippen LogP contribution in [0.3, 0.4) is 0 Å². The van der Waals surface area contributed by atoms with Crippen LogP contribution >= 0.6 is 0 Å². The molecule has 0 unspecified atom stereocenters. The van der Waals surface area contributed by atoms with Gasteiger partial charge in [-0.25, -0.2) is 0 Å². The zero-order chi connectivity index (χ0) is 15.7. The first-order valence-corrected chi connectivity index (χ1v) is 7.19. The van der Waals surface area contributed by atoms with Crippen LogP contribution in [0.25, 0.3) is 0 Å². The SMILES string of the molecule is CCCN(CC(=O)OCC)C(=O)COc1cccc(C)c1. The molecule has 0 fully saturated rings. The van der Waals surface area contributed by atoms with Crippen LogP contribution in [-0.4, -0.2) is 43.1 Å². The smallest absolute Gasteiger partial charge is 0.325 e. The minimum absolute atomic E-state index is 0.0301. The summed E-state index contributed by atoms with van der Waals surface area (Å²) in [4.78, 5) is 25.1. The van der Waals surface area contributed by atoms with Gasteiger partial charge in [0.05, 0.1) is 6.61 Å². The van der Waals surface area contributed by atoms with Crippen LogP contribution in [0.15, 0.2) is 24.3 Å². The highest BCUT2D eigenvalue weighted by Gasteiger charge is 2.17. The lowest BCUT2D eigenvalue weighted by Crippen LogP contribution is -2.39. The predicted octanol–water partition coefficient (Wildman–Crippen LogP) is 2.18. The second-order valence-electron chi connectivity index (χ2n) is 4.73. The van der Waals surface area contributed by atoms with Crippen LogP contribution in [0.2, 0.25) is 0 Å². The lowest BCUT2D eigenvalue weighted by molar-refractivity contribution is -0.149. The monoisotopic (exact) mass is 293 g/mol. The van der Waals surface area contributed by atoms with Crippen molar-refractivity contribution in [2.24, 2.45) is 0 Å². The largest absolute Gasteiger partial charge is 0.484 e. The Hall–Kier alpha value is -2.04. The summed E-state index contributed by atoms with van der Waals surface area (Å²) in [6, 6.07) is 7.50. The van der Waals surface area contributed by atoms with E-state index >= 15 is 0 Å². The lowest BCUT2D eigenvalue weighted by atomic mass is 10.2. The molecule has 0 saturated heterocycles. The first kappa shape index (κ1) is 17.0. The Morgan fingerprint density at radius 3 is 2.62 bits per heavy atom. The summed E-state index contributed by atoms with van der Waals surface area (Å²) in [6.45, 7) is 6.36. The van der Waals surface area contributed by atoms with Crippen LogP contribution < -0.4 is 4.74 Å².